The summed E-state index contributed by atoms with van der Waals surface area (Å²) in [5.74, 6) is 0. The van der Waals surface area contributed by atoms with Crippen LogP contribution in [0.2, 0.25) is 0 Å². The highest BCUT2D eigenvalue weighted by molar-refractivity contribution is 5.91. The number of aryl methyl sites for hydroxylation is 1. The van der Waals surface area contributed by atoms with Crippen molar-refractivity contribution in [3.8, 4) is 0 Å². The zero-order chi connectivity index (χ0) is 15.5. The molecule has 5 nitrogen and oxygen atoms in total. The van der Waals surface area contributed by atoms with E-state index in [1.54, 1.807) is 6.20 Å². The summed E-state index contributed by atoms with van der Waals surface area (Å²) in [6, 6.07) is 10.1. The highest BCUT2D eigenvalue weighted by Crippen LogP contribution is 2.23. The number of hydrogen-bond acceptors (Lipinski definition) is 4. The molecule has 0 amide bonds. The lowest BCUT2D eigenvalue weighted by atomic mass is 10.1. The summed E-state index contributed by atoms with van der Waals surface area (Å²) in [4.78, 5) is 4.38. The Morgan fingerprint density at radius 1 is 1.18 bits per heavy atom. The molecule has 0 saturated heterocycles. The number of anilines is 1. The molecule has 0 bridgehead atoms. The molecule has 0 aliphatic carbocycles. The van der Waals surface area contributed by atoms with Crippen LogP contribution < -0.4 is 5.32 Å². The predicted octanol–water partition coefficient (Wildman–Crippen LogP) is 2.65. The van der Waals surface area contributed by atoms with Crippen molar-refractivity contribution in [1.29, 1.82) is 0 Å². The molecule has 2 heterocycles. The first-order valence-electron chi connectivity index (χ1n) is 7.42. The molecular formula is C17H20N4O. The number of rotatable bonds is 5. The fourth-order valence-electron chi connectivity index (χ4n) is 2.74. The van der Waals surface area contributed by atoms with Crippen molar-refractivity contribution in [2.24, 2.45) is 0 Å². The van der Waals surface area contributed by atoms with Crippen LogP contribution >= 0.6 is 0 Å². The molecule has 0 aliphatic heterocycles. The summed E-state index contributed by atoms with van der Waals surface area (Å²) >= 11 is 0. The van der Waals surface area contributed by atoms with E-state index in [0.717, 1.165) is 28.0 Å². The highest BCUT2D eigenvalue weighted by Gasteiger charge is 2.11. The smallest absolute Gasteiger partial charge is 0.0722 e. The molecule has 0 spiro atoms. The van der Waals surface area contributed by atoms with Crippen LogP contribution in [-0.2, 0) is 13.1 Å². The van der Waals surface area contributed by atoms with Crippen LogP contribution in [0.25, 0.3) is 10.9 Å². The van der Waals surface area contributed by atoms with E-state index in [0.29, 0.717) is 13.1 Å². The van der Waals surface area contributed by atoms with Crippen molar-refractivity contribution >= 4 is 16.6 Å². The quantitative estimate of drug-likeness (QED) is 0.760. The van der Waals surface area contributed by atoms with Crippen LogP contribution in [0.1, 0.15) is 17.0 Å². The third kappa shape index (κ3) is 2.67. The molecule has 5 heteroatoms. The molecule has 2 aromatic heterocycles. The third-order valence-corrected chi connectivity index (χ3v) is 3.94. The van der Waals surface area contributed by atoms with Crippen molar-refractivity contribution in [1.82, 2.24) is 14.8 Å². The maximum Gasteiger partial charge on any atom is 0.0722 e. The van der Waals surface area contributed by atoms with Crippen molar-refractivity contribution in [3.63, 3.8) is 0 Å². The van der Waals surface area contributed by atoms with Gasteiger partial charge < -0.3 is 10.4 Å². The summed E-state index contributed by atoms with van der Waals surface area (Å²) in [6.45, 7) is 5.38. The Labute approximate surface area is 129 Å². The second-order valence-electron chi connectivity index (χ2n) is 5.33. The number of fused-ring (bicyclic) bond motifs is 1. The van der Waals surface area contributed by atoms with E-state index in [9.17, 15) is 0 Å². The first-order chi connectivity index (χ1) is 10.7. The number of hydrogen-bond donors (Lipinski definition) is 2. The van der Waals surface area contributed by atoms with Crippen molar-refractivity contribution in [2.75, 3.05) is 11.9 Å². The van der Waals surface area contributed by atoms with Crippen LogP contribution in [0.3, 0.4) is 0 Å². The molecular weight excluding hydrogens is 276 g/mol. The van der Waals surface area contributed by atoms with Gasteiger partial charge in [0.25, 0.3) is 0 Å². The molecule has 2 N–H and O–H groups in total. The first-order valence-corrected chi connectivity index (χ1v) is 7.42. The second-order valence-corrected chi connectivity index (χ2v) is 5.33. The average Bonchev–Trinajstić information content (AvgIpc) is 2.80. The number of aliphatic hydroxyl groups is 1. The summed E-state index contributed by atoms with van der Waals surface area (Å²) in [6.07, 6.45) is 1.80. The Hall–Kier alpha value is -2.40. The number of benzene rings is 1. The zero-order valence-corrected chi connectivity index (χ0v) is 12.9. The van der Waals surface area contributed by atoms with E-state index < -0.39 is 0 Å². The third-order valence-electron chi connectivity index (χ3n) is 3.94. The van der Waals surface area contributed by atoms with E-state index in [2.05, 4.69) is 27.5 Å². The molecule has 3 rings (SSSR count). The molecule has 0 fully saturated rings. The lowest BCUT2D eigenvalue weighted by Gasteiger charge is -2.10. The number of aromatic nitrogens is 3. The predicted molar refractivity (Wildman–Crippen MR) is 87.9 cm³/mol. The Morgan fingerprint density at radius 3 is 2.86 bits per heavy atom. The fraction of sp³-hybridized carbons (Fsp3) is 0.294. The van der Waals surface area contributed by atoms with Gasteiger partial charge in [-0.1, -0.05) is 6.07 Å². The molecule has 1 aromatic carbocycles. The molecule has 0 radical (unpaired) electrons. The zero-order valence-electron chi connectivity index (χ0n) is 12.9. The van der Waals surface area contributed by atoms with Crippen molar-refractivity contribution < 1.29 is 5.11 Å². The maximum absolute atomic E-state index is 9.09. The van der Waals surface area contributed by atoms with Crippen LogP contribution in [0, 0.1) is 13.8 Å². The van der Waals surface area contributed by atoms with Gasteiger partial charge in [0.1, 0.15) is 0 Å². The summed E-state index contributed by atoms with van der Waals surface area (Å²) in [5.41, 5.74) is 5.32. The Balaban J connectivity index is 1.86. The maximum atomic E-state index is 9.09. The van der Waals surface area contributed by atoms with Crippen molar-refractivity contribution in [2.45, 2.75) is 26.9 Å². The molecule has 3 aromatic rings. The minimum atomic E-state index is 0.101. The fourth-order valence-corrected chi connectivity index (χ4v) is 2.74. The van der Waals surface area contributed by atoms with Gasteiger partial charge in [-0.15, -0.1) is 0 Å². The normalized spacial score (nSPS) is 11.0. The van der Waals surface area contributed by atoms with E-state index in [1.165, 1.54) is 5.56 Å². The van der Waals surface area contributed by atoms with Gasteiger partial charge in [-0.05, 0) is 38.1 Å². The van der Waals surface area contributed by atoms with Gasteiger partial charge in [0.05, 0.1) is 24.4 Å². The van der Waals surface area contributed by atoms with Crippen molar-refractivity contribution in [3.05, 3.63) is 53.5 Å². The minimum Gasteiger partial charge on any atom is -0.394 e. The molecule has 0 saturated carbocycles. The van der Waals surface area contributed by atoms with E-state index in [1.807, 2.05) is 36.7 Å². The number of aliphatic hydroxyl groups excluding tert-OH is 1. The Morgan fingerprint density at radius 2 is 2.05 bits per heavy atom. The van der Waals surface area contributed by atoms with E-state index in [4.69, 9.17) is 5.11 Å². The Kier molecular flexibility index (Phi) is 4.06. The molecule has 0 aliphatic rings. The standard InChI is InChI=1S/C17H20N4O/c1-12-15(13(2)21(20-12)9-10-22)11-19-17-7-3-6-16-14(17)5-4-8-18-16/h3-8,19,22H,9-11H2,1-2H3. The van der Waals surface area contributed by atoms with Gasteiger partial charge in [-0.2, -0.15) is 5.10 Å². The Bertz CT molecular complexity index is 789. The van der Waals surface area contributed by atoms with E-state index >= 15 is 0 Å². The lowest BCUT2D eigenvalue weighted by Crippen LogP contribution is -2.07. The van der Waals surface area contributed by atoms with Crippen LogP contribution in [0.5, 0.6) is 0 Å². The molecule has 0 atom stereocenters. The van der Waals surface area contributed by atoms with Crippen LogP contribution in [0.4, 0.5) is 5.69 Å². The molecule has 22 heavy (non-hydrogen) atoms. The van der Waals surface area contributed by atoms with Gasteiger partial charge >= 0.3 is 0 Å². The van der Waals surface area contributed by atoms with E-state index in [-0.39, 0.29) is 6.61 Å². The number of nitrogens with zero attached hydrogens (tertiary/aromatic N) is 3. The minimum absolute atomic E-state index is 0.101. The summed E-state index contributed by atoms with van der Waals surface area (Å²) in [7, 11) is 0. The van der Waals surface area contributed by atoms with Gasteiger partial charge in [0.15, 0.2) is 0 Å². The monoisotopic (exact) mass is 296 g/mol. The lowest BCUT2D eigenvalue weighted by molar-refractivity contribution is 0.268. The van der Waals surface area contributed by atoms with Gasteiger partial charge in [-0.3, -0.25) is 9.67 Å². The number of nitrogens with one attached hydrogen (secondary N) is 1. The first kappa shape index (κ1) is 14.5. The van der Waals surface area contributed by atoms with Crippen LogP contribution in [0.15, 0.2) is 36.5 Å². The van der Waals surface area contributed by atoms with Crippen LogP contribution in [-0.4, -0.2) is 26.5 Å². The average molecular weight is 296 g/mol. The molecule has 0 unspecified atom stereocenters. The number of pyridine rings is 1. The largest absolute Gasteiger partial charge is 0.394 e. The highest BCUT2D eigenvalue weighted by atomic mass is 16.3. The second kappa shape index (κ2) is 6.15. The van der Waals surface area contributed by atoms with Gasteiger partial charge in [-0.25, -0.2) is 0 Å². The summed E-state index contributed by atoms with van der Waals surface area (Å²) in [5, 5.41) is 18.2. The molecule has 114 valence electrons. The topological polar surface area (TPSA) is 63.0 Å². The van der Waals surface area contributed by atoms with Gasteiger partial charge in [0, 0.05) is 35.1 Å². The SMILES string of the molecule is Cc1nn(CCO)c(C)c1CNc1cccc2ncccc12. The summed E-state index contributed by atoms with van der Waals surface area (Å²) < 4.78 is 1.86. The van der Waals surface area contributed by atoms with Gasteiger partial charge in [0.2, 0.25) is 0 Å².